The maximum absolute atomic E-state index is 6.39. The molecule has 0 aliphatic heterocycles. The lowest BCUT2D eigenvalue weighted by atomic mass is 9.91. The summed E-state index contributed by atoms with van der Waals surface area (Å²) in [5, 5.41) is 3.35. The minimum absolute atomic E-state index is 0.840. The van der Waals surface area contributed by atoms with Crippen molar-refractivity contribution < 1.29 is 8.83 Å². The van der Waals surface area contributed by atoms with Crippen LogP contribution in [0.25, 0.3) is 55.7 Å². The highest BCUT2D eigenvalue weighted by molar-refractivity contribution is 6.15. The van der Waals surface area contributed by atoms with Crippen LogP contribution in [0, 0.1) is 0 Å². The summed E-state index contributed by atoms with van der Waals surface area (Å²) in [5.41, 5.74) is 8.82. The molecule has 0 unspecified atom stereocenters. The minimum Gasteiger partial charge on any atom is -0.456 e. The number of allylic oxidation sites excluding steroid dienone is 1. The number of rotatable bonds is 2. The zero-order valence-corrected chi connectivity index (χ0v) is 17.5. The van der Waals surface area contributed by atoms with Gasteiger partial charge in [0.05, 0.1) is 0 Å². The van der Waals surface area contributed by atoms with E-state index in [1.807, 2.05) is 6.07 Å². The summed E-state index contributed by atoms with van der Waals surface area (Å²) in [5.74, 6) is 1.05. The van der Waals surface area contributed by atoms with Gasteiger partial charge in [-0.1, -0.05) is 66.7 Å². The molecule has 0 saturated carbocycles. The maximum atomic E-state index is 6.39. The molecule has 32 heavy (non-hydrogen) atoms. The van der Waals surface area contributed by atoms with Gasteiger partial charge in [-0.25, -0.2) is 0 Å². The number of fused-ring (bicyclic) bond motifs is 7. The molecule has 1 aliphatic carbocycles. The molecule has 2 nitrogen and oxygen atoms in total. The number of benzene rings is 4. The second-order valence-electron chi connectivity index (χ2n) is 8.47. The molecule has 2 heterocycles. The third-order valence-electron chi connectivity index (χ3n) is 6.60. The first-order chi connectivity index (χ1) is 15.8. The molecule has 4 aromatic carbocycles. The molecule has 0 atom stereocenters. The van der Waals surface area contributed by atoms with E-state index in [4.69, 9.17) is 8.83 Å². The van der Waals surface area contributed by atoms with Crippen LogP contribution in [0.2, 0.25) is 0 Å². The zero-order chi connectivity index (χ0) is 21.1. The Morgan fingerprint density at radius 2 is 1.25 bits per heavy atom. The third kappa shape index (κ3) is 2.59. The van der Waals surface area contributed by atoms with Crippen LogP contribution < -0.4 is 0 Å². The van der Waals surface area contributed by atoms with Crippen LogP contribution >= 0.6 is 0 Å². The molecule has 152 valence electrons. The Kier molecular flexibility index (Phi) is 3.71. The monoisotopic (exact) mass is 412 g/mol. The molecule has 0 radical (unpaired) electrons. The Morgan fingerprint density at radius 3 is 2.06 bits per heavy atom. The Hall–Kier alpha value is -4.04. The standard InChI is InChI=1S/C30H20O2/c1-3-7-19(8-4-1)21-11-15-27-25(17-21)23-13-14-24-26-18-22(20-9-5-2-6-10-20)12-16-28(26)32-30(24)29(23)31-27/h1-11,13-15,17-18H,12,16H2. The second-order valence-corrected chi connectivity index (χ2v) is 8.47. The van der Waals surface area contributed by atoms with Crippen LogP contribution in [0.1, 0.15) is 23.3 Å². The van der Waals surface area contributed by atoms with Crippen molar-refractivity contribution in [2.24, 2.45) is 0 Å². The lowest BCUT2D eigenvalue weighted by Gasteiger charge is -2.12. The number of furan rings is 2. The quantitative estimate of drug-likeness (QED) is 0.285. The predicted octanol–water partition coefficient (Wildman–Crippen LogP) is 8.49. The first kappa shape index (κ1) is 17.6. The molecule has 0 N–H and O–H groups in total. The normalized spacial score (nSPS) is 13.6. The van der Waals surface area contributed by atoms with Crippen LogP contribution in [0.4, 0.5) is 0 Å². The molecule has 0 amide bonds. The summed E-state index contributed by atoms with van der Waals surface area (Å²) in [7, 11) is 0. The van der Waals surface area contributed by atoms with E-state index in [-0.39, 0.29) is 0 Å². The van der Waals surface area contributed by atoms with Crippen LogP contribution in [-0.4, -0.2) is 0 Å². The van der Waals surface area contributed by atoms with Gasteiger partial charge in [0.1, 0.15) is 11.3 Å². The van der Waals surface area contributed by atoms with Crippen LogP contribution in [0.15, 0.2) is 99.8 Å². The van der Waals surface area contributed by atoms with Crippen molar-refractivity contribution in [1.29, 1.82) is 0 Å². The van der Waals surface area contributed by atoms with Crippen molar-refractivity contribution in [3.8, 4) is 11.1 Å². The Bertz CT molecular complexity index is 1650. The average molecular weight is 412 g/mol. The second kappa shape index (κ2) is 6.73. The van der Waals surface area contributed by atoms with E-state index in [2.05, 4.69) is 91.0 Å². The Labute approximate surface area is 185 Å². The molecule has 2 heteroatoms. The van der Waals surface area contributed by atoms with Crippen molar-refractivity contribution in [1.82, 2.24) is 0 Å². The van der Waals surface area contributed by atoms with Crippen molar-refractivity contribution >= 4 is 44.6 Å². The molecule has 0 saturated heterocycles. The van der Waals surface area contributed by atoms with E-state index in [9.17, 15) is 0 Å². The highest BCUT2D eigenvalue weighted by atomic mass is 16.4. The van der Waals surface area contributed by atoms with Gasteiger partial charge in [0.15, 0.2) is 11.2 Å². The first-order valence-electron chi connectivity index (χ1n) is 11.1. The molecule has 7 rings (SSSR count). The van der Waals surface area contributed by atoms with Gasteiger partial charge in [0.2, 0.25) is 0 Å². The summed E-state index contributed by atoms with van der Waals surface area (Å²) in [6.45, 7) is 0. The van der Waals surface area contributed by atoms with Crippen molar-refractivity contribution in [2.75, 3.05) is 0 Å². The van der Waals surface area contributed by atoms with Crippen LogP contribution in [0.3, 0.4) is 0 Å². The lowest BCUT2D eigenvalue weighted by molar-refractivity contribution is 0.542. The van der Waals surface area contributed by atoms with E-state index in [0.717, 1.165) is 51.5 Å². The molecular formula is C30H20O2. The molecule has 0 bridgehead atoms. The van der Waals surface area contributed by atoms with Gasteiger partial charge < -0.3 is 8.83 Å². The van der Waals surface area contributed by atoms with E-state index in [1.54, 1.807) is 0 Å². The van der Waals surface area contributed by atoms with E-state index in [0.29, 0.717) is 0 Å². The predicted molar refractivity (Wildman–Crippen MR) is 132 cm³/mol. The molecule has 0 spiro atoms. The van der Waals surface area contributed by atoms with Gasteiger partial charge in [0.25, 0.3) is 0 Å². The van der Waals surface area contributed by atoms with Crippen molar-refractivity contribution in [3.63, 3.8) is 0 Å². The van der Waals surface area contributed by atoms with E-state index >= 15 is 0 Å². The number of aryl methyl sites for hydroxylation is 1. The summed E-state index contributed by atoms with van der Waals surface area (Å²) in [6, 6.07) is 31.9. The van der Waals surface area contributed by atoms with Gasteiger partial charge in [-0.15, -0.1) is 0 Å². The van der Waals surface area contributed by atoms with Gasteiger partial charge in [-0.05, 0) is 59.0 Å². The zero-order valence-electron chi connectivity index (χ0n) is 17.5. The van der Waals surface area contributed by atoms with Crippen LogP contribution in [-0.2, 0) is 6.42 Å². The minimum atomic E-state index is 0.840. The fraction of sp³-hybridized carbons (Fsp3) is 0.0667. The van der Waals surface area contributed by atoms with E-state index in [1.165, 1.54) is 27.8 Å². The smallest absolute Gasteiger partial charge is 0.178 e. The molecule has 6 aromatic rings. The molecular weight excluding hydrogens is 392 g/mol. The largest absolute Gasteiger partial charge is 0.456 e. The number of hydrogen-bond donors (Lipinski definition) is 0. The maximum Gasteiger partial charge on any atom is 0.178 e. The van der Waals surface area contributed by atoms with Crippen LogP contribution in [0.5, 0.6) is 0 Å². The highest BCUT2D eigenvalue weighted by Crippen LogP contribution is 2.42. The topological polar surface area (TPSA) is 26.3 Å². The van der Waals surface area contributed by atoms with Gasteiger partial charge in [0, 0.05) is 28.1 Å². The molecule has 1 aliphatic rings. The van der Waals surface area contributed by atoms with E-state index < -0.39 is 0 Å². The summed E-state index contributed by atoms with van der Waals surface area (Å²) in [6.07, 6.45) is 4.19. The van der Waals surface area contributed by atoms with Gasteiger partial charge in [-0.3, -0.25) is 0 Å². The molecule has 0 fully saturated rings. The summed E-state index contributed by atoms with van der Waals surface area (Å²) >= 11 is 0. The average Bonchev–Trinajstić information content (AvgIpc) is 3.42. The Morgan fingerprint density at radius 1 is 0.531 bits per heavy atom. The molecule has 2 aromatic heterocycles. The first-order valence-corrected chi connectivity index (χ1v) is 11.1. The fourth-order valence-electron chi connectivity index (χ4n) is 4.99. The number of hydrogen-bond acceptors (Lipinski definition) is 2. The summed E-state index contributed by atoms with van der Waals surface area (Å²) in [4.78, 5) is 0. The van der Waals surface area contributed by atoms with Gasteiger partial charge in [-0.2, -0.15) is 0 Å². The fourth-order valence-corrected chi connectivity index (χ4v) is 4.99. The van der Waals surface area contributed by atoms with Gasteiger partial charge >= 0.3 is 0 Å². The SMILES string of the molecule is C1=C(c2ccccc2)CCc2oc3c(ccc4c5cc(-c6ccccc6)ccc5oc43)c21. The highest BCUT2D eigenvalue weighted by Gasteiger charge is 2.22. The lowest BCUT2D eigenvalue weighted by Crippen LogP contribution is -1.96. The van der Waals surface area contributed by atoms with Crippen molar-refractivity contribution in [3.05, 3.63) is 108 Å². The Balaban J connectivity index is 1.43. The third-order valence-corrected chi connectivity index (χ3v) is 6.60. The van der Waals surface area contributed by atoms with Crippen molar-refractivity contribution in [2.45, 2.75) is 12.8 Å². The summed E-state index contributed by atoms with van der Waals surface area (Å²) < 4.78 is 12.7.